The average Bonchev–Trinajstić information content (AvgIpc) is 2.18. The quantitative estimate of drug-likeness (QED) is 0.741. The summed E-state index contributed by atoms with van der Waals surface area (Å²) in [6.45, 7) is 4.11. The highest BCUT2D eigenvalue weighted by Crippen LogP contribution is 2.12. The number of rotatable bonds is 3. The maximum absolute atomic E-state index is 11.3. The third-order valence-electron chi connectivity index (χ3n) is 1.98. The van der Waals surface area contributed by atoms with Gasteiger partial charge in [-0.1, -0.05) is 29.8 Å². The Bertz CT molecular complexity index is 306. The maximum atomic E-state index is 11.3. The number of hydrogen-bond donors (Lipinski definition) is 1. The summed E-state index contributed by atoms with van der Waals surface area (Å²) in [6, 6.07) is 6.87. The minimum Gasteiger partial charge on any atom is -0.465 e. The standard InChI is InChI=1S/C11H15NO2/c1-3-14-11(13)10(12)9-6-4-8(2)5-7-9/h4-7,10H,3,12H2,1-2H3/t10-/m1/s1. The second kappa shape index (κ2) is 4.77. The van der Waals surface area contributed by atoms with Crippen LogP contribution in [-0.2, 0) is 9.53 Å². The molecule has 0 bridgehead atoms. The van der Waals surface area contributed by atoms with Gasteiger partial charge in [-0.15, -0.1) is 0 Å². The van der Waals surface area contributed by atoms with Gasteiger partial charge in [0.25, 0.3) is 0 Å². The molecular formula is C11H15NO2. The Morgan fingerprint density at radius 3 is 2.50 bits per heavy atom. The van der Waals surface area contributed by atoms with E-state index in [0.29, 0.717) is 6.61 Å². The zero-order valence-corrected chi connectivity index (χ0v) is 8.49. The lowest BCUT2D eigenvalue weighted by molar-refractivity contribution is -0.144. The van der Waals surface area contributed by atoms with Crippen molar-refractivity contribution in [2.45, 2.75) is 19.9 Å². The normalized spacial score (nSPS) is 12.2. The van der Waals surface area contributed by atoms with Crippen molar-refractivity contribution in [3.8, 4) is 0 Å². The maximum Gasteiger partial charge on any atom is 0.327 e. The number of esters is 1. The molecule has 0 aliphatic heterocycles. The molecular weight excluding hydrogens is 178 g/mol. The van der Waals surface area contributed by atoms with E-state index in [0.717, 1.165) is 11.1 Å². The van der Waals surface area contributed by atoms with E-state index in [1.165, 1.54) is 0 Å². The number of carbonyl (C=O) groups is 1. The topological polar surface area (TPSA) is 52.3 Å². The van der Waals surface area contributed by atoms with Gasteiger partial charge in [-0.2, -0.15) is 0 Å². The molecule has 1 atom stereocenters. The summed E-state index contributed by atoms with van der Waals surface area (Å²) >= 11 is 0. The molecule has 0 saturated carbocycles. The fourth-order valence-electron chi connectivity index (χ4n) is 1.14. The largest absolute Gasteiger partial charge is 0.465 e. The lowest BCUT2D eigenvalue weighted by atomic mass is 10.1. The van der Waals surface area contributed by atoms with Gasteiger partial charge in [-0.25, -0.2) is 4.79 Å². The molecule has 0 heterocycles. The molecule has 3 nitrogen and oxygen atoms in total. The Morgan fingerprint density at radius 1 is 1.43 bits per heavy atom. The van der Waals surface area contributed by atoms with Crippen molar-refractivity contribution in [2.24, 2.45) is 5.73 Å². The Labute approximate surface area is 83.9 Å². The molecule has 2 N–H and O–H groups in total. The SMILES string of the molecule is CCOC(=O)[C@H](N)c1ccc(C)cc1. The molecule has 0 unspecified atom stereocenters. The van der Waals surface area contributed by atoms with Crippen molar-refractivity contribution in [2.75, 3.05) is 6.61 Å². The van der Waals surface area contributed by atoms with Crippen LogP contribution in [0, 0.1) is 6.92 Å². The van der Waals surface area contributed by atoms with Gasteiger partial charge in [0, 0.05) is 0 Å². The van der Waals surface area contributed by atoms with Crippen LogP contribution in [-0.4, -0.2) is 12.6 Å². The minimum absolute atomic E-state index is 0.360. The van der Waals surface area contributed by atoms with Gasteiger partial charge in [-0.3, -0.25) is 0 Å². The van der Waals surface area contributed by atoms with E-state index in [1.54, 1.807) is 6.92 Å². The highest BCUT2D eigenvalue weighted by atomic mass is 16.5. The number of ether oxygens (including phenoxy) is 1. The number of nitrogens with two attached hydrogens (primary N) is 1. The van der Waals surface area contributed by atoms with Crippen molar-refractivity contribution >= 4 is 5.97 Å². The number of carbonyl (C=O) groups excluding carboxylic acids is 1. The van der Waals surface area contributed by atoms with Crippen LogP contribution in [0.5, 0.6) is 0 Å². The Balaban J connectivity index is 2.73. The van der Waals surface area contributed by atoms with Gasteiger partial charge in [0.05, 0.1) is 6.61 Å². The zero-order chi connectivity index (χ0) is 10.6. The van der Waals surface area contributed by atoms with Crippen LogP contribution >= 0.6 is 0 Å². The van der Waals surface area contributed by atoms with Crippen molar-refractivity contribution < 1.29 is 9.53 Å². The summed E-state index contributed by atoms with van der Waals surface area (Å²) < 4.78 is 4.82. The Kier molecular flexibility index (Phi) is 3.65. The van der Waals surface area contributed by atoms with Crippen LogP contribution in [0.4, 0.5) is 0 Å². The number of aryl methyl sites for hydroxylation is 1. The van der Waals surface area contributed by atoms with Crippen LogP contribution in [0.1, 0.15) is 24.1 Å². The third-order valence-corrected chi connectivity index (χ3v) is 1.98. The van der Waals surface area contributed by atoms with E-state index in [4.69, 9.17) is 10.5 Å². The molecule has 1 aromatic carbocycles. The van der Waals surface area contributed by atoms with Gasteiger partial charge < -0.3 is 10.5 Å². The Morgan fingerprint density at radius 2 is 2.00 bits per heavy atom. The summed E-state index contributed by atoms with van der Waals surface area (Å²) in [4.78, 5) is 11.3. The van der Waals surface area contributed by atoms with Crippen LogP contribution in [0.25, 0.3) is 0 Å². The first-order valence-corrected chi connectivity index (χ1v) is 4.64. The predicted octanol–water partition coefficient (Wildman–Crippen LogP) is 1.56. The van der Waals surface area contributed by atoms with Crippen LogP contribution in [0.15, 0.2) is 24.3 Å². The van der Waals surface area contributed by atoms with Gasteiger partial charge in [0.2, 0.25) is 0 Å². The molecule has 0 fully saturated rings. The first-order valence-electron chi connectivity index (χ1n) is 4.64. The third kappa shape index (κ3) is 2.57. The molecule has 1 aromatic rings. The van der Waals surface area contributed by atoms with E-state index >= 15 is 0 Å². The fourth-order valence-corrected chi connectivity index (χ4v) is 1.14. The first-order chi connectivity index (χ1) is 6.65. The molecule has 0 radical (unpaired) electrons. The van der Waals surface area contributed by atoms with Gasteiger partial charge in [-0.05, 0) is 19.4 Å². The molecule has 0 aliphatic carbocycles. The fraction of sp³-hybridized carbons (Fsp3) is 0.364. The highest BCUT2D eigenvalue weighted by Gasteiger charge is 2.15. The zero-order valence-electron chi connectivity index (χ0n) is 8.49. The van der Waals surface area contributed by atoms with Gasteiger partial charge in [0.15, 0.2) is 0 Å². The van der Waals surface area contributed by atoms with Crippen LogP contribution in [0.3, 0.4) is 0 Å². The monoisotopic (exact) mass is 193 g/mol. The molecule has 1 rings (SSSR count). The minimum atomic E-state index is -0.671. The summed E-state index contributed by atoms with van der Waals surface area (Å²) in [7, 11) is 0. The molecule has 3 heteroatoms. The smallest absolute Gasteiger partial charge is 0.327 e. The molecule has 76 valence electrons. The second-order valence-electron chi connectivity index (χ2n) is 3.14. The molecule has 0 saturated heterocycles. The lowest BCUT2D eigenvalue weighted by Gasteiger charge is -2.10. The van der Waals surface area contributed by atoms with Gasteiger partial charge >= 0.3 is 5.97 Å². The van der Waals surface area contributed by atoms with E-state index in [2.05, 4.69) is 0 Å². The summed E-state index contributed by atoms with van der Waals surface area (Å²) in [6.07, 6.45) is 0. The van der Waals surface area contributed by atoms with Gasteiger partial charge in [0.1, 0.15) is 6.04 Å². The van der Waals surface area contributed by atoms with Crippen LogP contribution < -0.4 is 5.73 Å². The van der Waals surface area contributed by atoms with E-state index < -0.39 is 6.04 Å². The van der Waals surface area contributed by atoms with Crippen molar-refractivity contribution in [3.05, 3.63) is 35.4 Å². The molecule has 0 spiro atoms. The van der Waals surface area contributed by atoms with E-state index in [1.807, 2.05) is 31.2 Å². The molecule has 0 aliphatic rings. The lowest BCUT2D eigenvalue weighted by Crippen LogP contribution is -2.23. The summed E-state index contributed by atoms with van der Waals surface area (Å²) in [5.74, 6) is -0.378. The highest BCUT2D eigenvalue weighted by molar-refractivity contribution is 5.77. The molecule has 0 amide bonds. The summed E-state index contributed by atoms with van der Waals surface area (Å²) in [5.41, 5.74) is 7.63. The molecule has 0 aromatic heterocycles. The van der Waals surface area contributed by atoms with E-state index in [9.17, 15) is 4.79 Å². The molecule has 14 heavy (non-hydrogen) atoms. The average molecular weight is 193 g/mol. The van der Waals surface area contributed by atoms with Crippen molar-refractivity contribution in [1.29, 1.82) is 0 Å². The van der Waals surface area contributed by atoms with Crippen LogP contribution in [0.2, 0.25) is 0 Å². The van der Waals surface area contributed by atoms with Crippen molar-refractivity contribution in [3.63, 3.8) is 0 Å². The number of hydrogen-bond acceptors (Lipinski definition) is 3. The second-order valence-corrected chi connectivity index (χ2v) is 3.14. The van der Waals surface area contributed by atoms with Crippen molar-refractivity contribution in [1.82, 2.24) is 0 Å². The predicted molar refractivity (Wildman–Crippen MR) is 54.7 cm³/mol. The van der Waals surface area contributed by atoms with E-state index in [-0.39, 0.29) is 5.97 Å². The number of benzene rings is 1. The summed E-state index contributed by atoms with van der Waals surface area (Å²) in [5, 5.41) is 0. The first kappa shape index (κ1) is 10.7. The Hall–Kier alpha value is -1.35.